The van der Waals surface area contributed by atoms with E-state index < -0.39 is 0 Å². The molecule has 2 aromatic heterocycles. The summed E-state index contributed by atoms with van der Waals surface area (Å²) in [5.41, 5.74) is 7.01. The van der Waals surface area contributed by atoms with E-state index in [1.807, 2.05) is 19.3 Å². The predicted octanol–water partition coefficient (Wildman–Crippen LogP) is 3.57. The topological polar surface area (TPSA) is 50.8 Å². The summed E-state index contributed by atoms with van der Waals surface area (Å²) in [5.74, 6) is 0.403. The molecule has 4 rings (SSSR count). The second-order valence-corrected chi connectivity index (χ2v) is 5.75. The van der Waals surface area contributed by atoms with Crippen molar-refractivity contribution in [3.05, 3.63) is 47.4 Å². The Balaban J connectivity index is 1.92. The van der Waals surface area contributed by atoms with Crippen LogP contribution in [0.15, 0.2) is 30.6 Å². The summed E-state index contributed by atoms with van der Waals surface area (Å²) in [4.78, 5) is 4.44. The molecule has 0 amide bonds. The van der Waals surface area contributed by atoms with Gasteiger partial charge >= 0.3 is 0 Å². The van der Waals surface area contributed by atoms with E-state index in [9.17, 15) is 0 Å². The Morgan fingerprint density at radius 2 is 2.19 bits per heavy atom. The average Bonchev–Trinajstić information content (AvgIpc) is 2.88. The fourth-order valence-corrected chi connectivity index (χ4v) is 3.07. The number of nitrogens with one attached hydrogen (secondary N) is 1. The smallest absolute Gasteiger partial charge is 0.0924 e. The molecule has 3 heterocycles. The summed E-state index contributed by atoms with van der Waals surface area (Å²) in [6.07, 6.45) is 3.92. The van der Waals surface area contributed by atoms with E-state index in [-0.39, 0.29) is 0 Å². The normalized spacial score (nSPS) is 17.9. The molecule has 21 heavy (non-hydrogen) atoms. The molecule has 0 spiro atoms. The molecule has 0 radical (unpaired) electrons. The van der Waals surface area contributed by atoms with Crippen LogP contribution in [-0.4, -0.2) is 21.8 Å². The number of fused-ring (bicyclic) bond motifs is 2. The van der Waals surface area contributed by atoms with Gasteiger partial charge < -0.3 is 4.74 Å². The number of pyridine rings is 1. The van der Waals surface area contributed by atoms with Crippen molar-refractivity contribution in [1.29, 1.82) is 0 Å². The third-order valence-corrected chi connectivity index (χ3v) is 4.29. The Labute approximate surface area is 123 Å². The first kappa shape index (κ1) is 12.5. The highest BCUT2D eigenvalue weighted by Crippen LogP contribution is 2.34. The third-order valence-electron chi connectivity index (χ3n) is 4.29. The van der Waals surface area contributed by atoms with Gasteiger partial charge in [-0.3, -0.25) is 10.1 Å². The zero-order valence-corrected chi connectivity index (χ0v) is 12.2. The number of hydrogen-bond donors (Lipinski definition) is 1. The van der Waals surface area contributed by atoms with Gasteiger partial charge in [-0.15, -0.1) is 0 Å². The molecule has 1 N–H and O–H groups in total. The van der Waals surface area contributed by atoms with Crippen molar-refractivity contribution in [2.75, 3.05) is 6.61 Å². The highest BCUT2D eigenvalue weighted by Gasteiger charge is 2.20. The van der Waals surface area contributed by atoms with Crippen LogP contribution in [0.25, 0.3) is 22.0 Å². The van der Waals surface area contributed by atoms with Crippen LogP contribution in [0, 0.1) is 6.92 Å². The molecular weight excluding hydrogens is 262 g/mol. The fraction of sp³-hybridized carbons (Fsp3) is 0.294. The number of benzene rings is 1. The Morgan fingerprint density at radius 3 is 3.10 bits per heavy atom. The predicted molar refractivity (Wildman–Crippen MR) is 82.1 cm³/mol. The lowest BCUT2D eigenvalue weighted by Gasteiger charge is -2.24. The lowest BCUT2D eigenvalue weighted by Crippen LogP contribution is -2.15. The highest BCUT2D eigenvalue weighted by atomic mass is 16.5. The lowest BCUT2D eigenvalue weighted by atomic mass is 9.90. The Kier molecular flexibility index (Phi) is 2.79. The van der Waals surface area contributed by atoms with Gasteiger partial charge in [-0.05, 0) is 35.7 Å². The second-order valence-electron chi connectivity index (χ2n) is 5.75. The van der Waals surface area contributed by atoms with Crippen molar-refractivity contribution in [3.8, 4) is 11.1 Å². The number of nitrogens with zero attached hydrogens (tertiary/aromatic N) is 2. The van der Waals surface area contributed by atoms with Gasteiger partial charge in [0.1, 0.15) is 0 Å². The first-order chi connectivity index (χ1) is 10.2. The molecule has 0 saturated heterocycles. The van der Waals surface area contributed by atoms with Crippen molar-refractivity contribution < 1.29 is 4.74 Å². The molecular formula is C17H17N3O. The number of aromatic amines is 1. The van der Waals surface area contributed by atoms with Gasteiger partial charge in [0.15, 0.2) is 0 Å². The minimum absolute atomic E-state index is 0.403. The van der Waals surface area contributed by atoms with E-state index in [1.165, 1.54) is 22.3 Å². The molecule has 1 aliphatic rings. The zero-order chi connectivity index (χ0) is 14.4. The summed E-state index contributed by atoms with van der Waals surface area (Å²) in [6, 6.07) is 6.35. The first-order valence-electron chi connectivity index (χ1n) is 7.23. The lowest BCUT2D eigenvalue weighted by molar-refractivity contribution is 0.0953. The van der Waals surface area contributed by atoms with Crippen LogP contribution in [0.5, 0.6) is 0 Å². The van der Waals surface area contributed by atoms with Gasteiger partial charge in [0.25, 0.3) is 0 Å². The number of aromatic nitrogens is 3. The quantitative estimate of drug-likeness (QED) is 0.741. The Hall–Kier alpha value is -2.20. The van der Waals surface area contributed by atoms with Crippen LogP contribution in [0.3, 0.4) is 0 Å². The standard InChI is InChI=1S/C17H17N3O/c1-10-8-21-9-16-14(10)6-18-7-15(16)12-3-4-17-13(5-12)11(2)19-20-17/h3-7,10H,8-9H2,1-2H3,(H,19,20). The Morgan fingerprint density at radius 1 is 1.29 bits per heavy atom. The summed E-state index contributed by atoms with van der Waals surface area (Å²) >= 11 is 0. The summed E-state index contributed by atoms with van der Waals surface area (Å²) in [5, 5.41) is 8.48. The molecule has 0 saturated carbocycles. The number of ether oxygens (including phenoxy) is 1. The molecule has 106 valence electrons. The summed E-state index contributed by atoms with van der Waals surface area (Å²) in [6.45, 7) is 5.67. The molecule has 4 heteroatoms. The molecule has 1 aromatic carbocycles. The molecule has 0 aliphatic carbocycles. The van der Waals surface area contributed by atoms with Crippen molar-refractivity contribution in [2.45, 2.75) is 26.4 Å². The zero-order valence-electron chi connectivity index (χ0n) is 12.2. The van der Waals surface area contributed by atoms with Crippen LogP contribution in [-0.2, 0) is 11.3 Å². The first-order valence-corrected chi connectivity index (χ1v) is 7.23. The maximum absolute atomic E-state index is 5.72. The van der Waals surface area contributed by atoms with Crippen LogP contribution in [0.4, 0.5) is 0 Å². The van der Waals surface area contributed by atoms with E-state index >= 15 is 0 Å². The van der Waals surface area contributed by atoms with Crippen LogP contribution >= 0.6 is 0 Å². The number of hydrogen-bond acceptors (Lipinski definition) is 3. The van der Waals surface area contributed by atoms with Gasteiger partial charge in [0.2, 0.25) is 0 Å². The molecule has 1 unspecified atom stereocenters. The van der Waals surface area contributed by atoms with E-state index in [2.05, 4.69) is 40.3 Å². The van der Waals surface area contributed by atoms with E-state index in [0.29, 0.717) is 12.5 Å². The molecule has 1 atom stereocenters. The SMILES string of the molecule is Cc1[nH]nc2ccc(-c3cncc4c3COCC4C)cc12. The molecule has 0 bridgehead atoms. The van der Waals surface area contributed by atoms with E-state index in [4.69, 9.17) is 4.74 Å². The van der Waals surface area contributed by atoms with Crippen molar-refractivity contribution in [1.82, 2.24) is 15.2 Å². The van der Waals surface area contributed by atoms with Gasteiger partial charge in [-0.1, -0.05) is 13.0 Å². The van der Waals surface area contributed by atoms with Crippen LogP contribution < -0.4 is 0 Å². The van der Waals surface area contributed by atoms with Crippen LogP contribution in [0.1, 0.15) is 29.7 Å². The van der Waals surface area contributed by atoms with Crippen molar-refractivity contribution in [2.24, 2.45) is 0 Å². The van der Waals surface area contributed by atoms with E-state index in [1.54, 1.807) is 0 Å². The minimum atomic E-state index is 0.403. The van der Waals surface area contributed by atoms with Crippen molar-refractivity contribution in [3.63, 3.8) is 0 Å². The second kappa shape index (κ2) is 4.67. The monoisotopic (exact) mass is 279 g/mol. The van der Waals surface area contributed by atoms with E-state index in [0.717, 1.165) is 23.2 Å². The van der Waals surface area contributed by atoms with Gasteiger partial charge in [-0.25, -0.2) is 0 Å². The highest BCUT2D eigenvalue weighted by molar-refractivity contribution is 5.87. The number of H-pyrrole nitrogens is 1. The summed E-state index contributed by atoms with van der Waals surface area (Å²) in [7, 11) is 0. The number of rotatable bonds is 1. The minimum Gasteiger partial charge on any atom is -0.376 e. The van der Waals surface area contributed by atoms with Crippen molar-refractivity contribution >= 4 is 10.9 Å². The molecule has 0 fully saturated rings. The van der Waals surface area contributed by atoms with Gasteiger partial charge in [0.05, 0.1) is 18.7 Å². The maximum atomic E-state index is 5.72. The number of aryl methyl sites for hydroxylation is 1. The Bertz CT molecular complexity index is 822. The van der Waals surface area contributed by atoms with Gasteiger partial charge in [-0.2, -0.15) is 5.10 Å². The molecule has 1 aliphatic heterocycles. The fourth-order valence-electron chi connectivity index (χ4n) is 3.07. The van der Waals surface area contributed by atoms with Crippen LogP contribution in [0.2, 0.25) is 0 Å². The molecule has 3 aromatic rings. The average molecular weight is 279 g/mol. The largest absolute Gasteiger partial charge is 0.376 e. The third kappa shape index (κ3) is 1.94. The van der Waals surface area contributed by atoms with Gasteiger partial charge in [0, 0.05) is 35.0 Å². The summed E-state index contributed by atoms with van der Waals surface area (Å²) < 4.78 is 5.72. The maximum Gasteiger partial charge on any atom is 0.0924 e. The molecule has 4 nitrogen and oxygen atoms in total.